The number of hydrazine groups is 1. The molecule has 0 aliphatic carbocycles. The van der Waals surface area contributed by atoms with E-state index >= 15 is 0 Å². The van der Waals surface area contributed by atoms with Crippen LogP contribution in [0.5, 0.6) is 0 Å². The van der Waals surface area contributed by atoms with Crippen LogP contribution in [0.4, 0.5) is 13.2 Å². The standard InChI is InChI=1S/C11H11F3N4S/c12-11(13,14)10-17-6-9(19-10)8(18-15)4-7-2-1-3-16-5-7/h1-3,5-6,8,18H,4,15H2. The number of alkyl halides is 3. The molecule has 2 aromatic heterocycles. The minimum atomic E-state index is -4.42. The average Bonchev–Trinajstić information content (AvgIpc) is 2.86. The van der Waals surface area contributed by atoms with Crippen LogP contribution in [0.15, 0.2) is 30.7 Å². The Balaban J connectivity index is 2.16. The molecule has 0 fully saturated rings. The molecule has 0 spiro atoms. The number of pyridine rings is 1. The topological polar surface area (TPSA) is 63.8 Å². The first-order valence-electron chi connectivity index (χ1n) is 5.38. The molecule has 0 bridgehead atoms. The molecular formula is C11H11F3N4S. The van der Waals surface area contributed by atoms with Crippen molar-refractivity contribution in [1.29, 1.82) is 0 Å². The quantitative estimate of drug-likeness (QED) is 0.669. The Labute approximate surface area is 111 Å². The van der Waals surface area contributed by atoms with Crippen LogP contribution in [-0.2, 0) is 12.6 Å². The minimum Gasteiger partial charge on any atom is -0.271 e. The molecule has 1 unspecified atom stereocenters. The molecule has 0 amide bonds. The highest BCUT2D eigenvalue weighted by molar-refractivity contribution is 7.11. The zero-order valence-corrected chi connectivity index (χ0v) is 10.5. The molecule has 1 atom stereocenters. The van der Waals surface area contributed by atoms with Gasteiger partial charge in [0.2, 0.25) is 0 Å². The van der Waals surface area contributed by atoms with Crippen molar-refractivity contribution in [3.63, 3.8) is 0 Å². The second-order valence-electron chi connectivity index (χ2n) is 3.85. The van der Waals surface area contributed by atoms with Gasteiger partial charge in [-0.2, -0.15) is 13.2 Å². The highest BCUT2D eigenvalue weighted by atomic mass is 32.1. The Bertz CT molecular complexity index is 526. The van der Waals surface area contributed by atoms with Gasteiger partial charge in [0.05, 0.1) is 6.04 Å². The Morgan fingerprint density at radius 2 is 2.16 bits per heavy atom. The van der Waals surface area contributed by atoms with Crippen molar-refractivity contribution >= 4 is 11.3 Å². The van der Waals surface area contributed by atoms with Crippen LogP contribution in [-0.4, -0.2) is 9.97 Å². The molecule has 2 rings (SSSR count). The monoisotopic (exact) mass is 288 g/mol. The van der Waals surface area contributed by atoms with E-state index < -0.39 is 17.2 Å². The van der Waals surface area contributed by atoms with Crippen LogP contribution >= 0.6 is 11.3 Å². The van der Waals surface area contributed by atoms with E-state index in [0.717, 1.165) is 5.56 Å². The minimum absolute atomic E-state index is 0.419. The maximum atomic E-state index is 12.5. The number of aromatic nitrogens is 2. The molecule has 2 aromatic rings. The van der Waals surface area contributed by atoms with E-state index in [-0.39, 0.29) is 0 Å². The normalized spacial score (nSPS) is 13.5. The van der Waals surface area contributed by atoms with E-state index in [2.05, 4.69) is 15.4 Å². The second kappa shape index (κ2) is 5.64. The second-order valence-corrected chi connectivity index (χ2v) is 4.91. The van der Waals surface area contributed by atoms with Gasteiger partial charge in [0.1, 0.15) is 0 Å². The predicted octanol–water partition coefficient (Wildman–Crippen LogP) is 2.30. The average molecular weight is 288 g/mol. The van der Waals surface area contributed by atoms with Crippen molar-refractivity contribution in [2.45, 2.75) is 18.6 Å². The van der Waals surface area contributed by atoms with Crippen molar-refractivity contribution in [3.8, 4) is 0 Å². The first-order valence-corrected chi connectivity index (χ1v) is 6.20. The predicted molar refractivity (Wildman–Crippen MR) is 65.1 cm³/mol. The summed E-state index contributed by atoms with van der Waals surface area (Å²) in [5, 5.41) is -0.867. The zero-order chi connectivity index (χ0) is 13.9. The van der Waals surface area contributed by atoms with Gasteiger partial charge in [-0.3, -0.25) is 16.3 Å². The summed E-state index contributed by atoms with van der Waals surface area (Å²) in [6, 6.07) is 3.18. The smallest absolute Gasteiger partial charge is 0.271 e. The van der Waals surface area contributed by atoms with Crippen molar-refractivity contribution in [2.24, 2.45) is 5.84 Å². The lowest BCUT2D eigenvalue weighted by Crippen LogP contribution is -2.29. The van der Waals surface area contributed by atoms with Gasteiger partial charge >= 0.3 is 6.18 Å². The van der Waals surface area contributed by atoms with E-state index in [1.807, 2.05) is 6.07 Å². The lowest BCUT2D eigenvalue weighted by Gasteiger charge is -2.13. The summed E-state index contributed by atoms with van der Waals surface area (Å²) >= 11 is 0.593. The molecule has 0 aromatic carbocycles. The highest BCUT2D eigenvalue weighted by Gasteiger charge is 2.35. The lowest BCUT2D eigenvalue weighted by molar-refractivity contribution is -0.137. The summed E-state index contributed by atoms with van der Waals surface area (Å²) in [6.07, 6.45) is 0.507. The molecule has 0 aliphatic rings. The number of rotatable bonds is 4. The van der Waals surface area contributed by atoms with Gasteiger partial charge in [-0.1, -0.05) is 6.07 Å². The molecule has 102 valence electrons. The summed E-state index contributed by atoms with van der Waals surface area (Å²) < 4.78 is 37.4. The molecule has 19 heavy (non-hydrogen) atoms. The number of hydrogen-bond acceptors (Lipinski definition) is 5. The van der Waals surface area contributed by atoms with Crippen LogP contribution in [0.2, 0.25) is 0 Å². The number of hydrogen-bond donors (Lipinski definition) is 2. The van der Waals surface area contributed by atoms with E-state index in [9.17, 15) is 13.2 Å². The Hall–Kier alpha value is -1.51. The molecule has 0 saturated heterocycles. The summed E-state index contributed by atoms with van der Waals surface area (Å²) in [5.41, 5.74) is 3.39. The maximum absolute atomic E-state index is 12.5. The zero-order valence-electron chi connectivity index (χ0n) is 9.69. The van der Waals surface area contributed by atoms with E-state index in [1.54, 1.807) is 18.5 Å². The van der Waals surface area contributed by atoms with E-state index in [0.29, 0.717) is 22.6 Å². The van der Waals surface area contributed by atoms with Gasteiger partial charge in [0, 0.05) is 23.5 Å². The van der Waals surface area contributed by atoms with Crippen LogP contribution in [0.3, 0.4) is 0 Å². The van der Waals surface area contributed by atoms with Gasteiger partial charge < -0.3 is 0 Å². The van der Waals surface area contributed by atoms with Crippen LogP contribution < -0.4 is 11.3 Å². The number of nitrogens with two attached hydrogens (primary N) is 1. The molecule has 0 saturated carbocycles. The van der Waals surface area contributed by atoms with Gasteiger partial charge in [0.25, 0.3) is 0 Å². The van der Waals surface area contributed by atoms with E-state index in [1.165, 1.54) is 6.20 Å². The van der Waals surface area contributed by atoms with Gasteiger partial charge in [-0.05, 0) is 18.1 Å². The Morgan fingerprint density at radius 3 is 2.68 bits per heavy atom. The lowest BCUT2D eigenvalue weighted by atomic mass is 10.1. The van der Waals surface area contributed by atoms with Crippen LogP contribution in [0.25, 0.3) is 0 Å². The molecule has 4 nitrogen and oxygen atoms in total. The number of halogens is 3. The van der Waals surface area contributed by atoms with Crippen molar-refractivity contribution in [2.75, 3.05) is 0 Å². The molecule has 0 aliphatic heterocycles. The largest absolute Gasteiger partial charge is 0.443 e. The molecule has 8 heteroatoms. The fourth-order valence-corrected chi connectivity index (χ4v) is 2.42. The third-order valence-electron chi connectivity index (χ3n) is 2.47. The van der Waals surface area contributed by atoms with Crippen molar-refractivity contribution < 1.29 is 13.2 Å². The third kappa shape index (κ3) is 3.49. The molecule has 0 radical (unpaired) electrons. The fraction of sp³-hybridized carbons (Fsp3) is 0.273. The third-order valence-corrected chi connectivity index (χ3v) is 3.63. The van der Waals surface area contributed by atoms with Gasteiger partial charge in [-0.25, -0.2) is 4.98 Å². The van der Waals surface area contributed by atoms with Crippen LogP contribution in [0, 0.1) is 0 Å². The summed E-state index contributed by atoms with van der Waals surface area (Å²) in [4.78, 5) is 7.77. The van der Waals surface area contributed by atoms with Crippen LogP contribution in [0.1, 0.15) is 21.5 Å². The summed E-state index contributed by atoms with van der Waals surface area (Å²) in [7, 11) is 0. The SMILES string of the molecule is NNC(Cc1cccnc1)c1cnc(C(F)(F)F)s1. The molecular weight excluding hydrogens is 277 g/mol. The number of thiazole rings is 1. The Morgan fingerprint density at radius 1 is 1.37 bits per heavy atom. The first-order chi connectivity index (χ1) is 9.00. The van der Waals surface area contributed by atoms with E-state index in [4.69, 9.17) is 5.84 Å². The highest BCUT2D eigenvalue weighted by Crippen LogP contribution is 2.34. The maximum Gasteiger partial charge on any atom is 0.443 e. The fourth-order valence-electron chi connectivity index (χ4n) is 1.57. The first kappa shape index (κ1) is 13.9. The summed E-state index contributed by atoms with van der Waals surface area (Å²) in [6.45, 7) is 0. The van der Waals surface area contributed by atoms with Crippen molar-refractivity contribution in [3.05, 3.63) is 46.2 Å². The summed E-state index contributed by atoms with van der Waals surface area (Å²) in [5.74, 6) is 5.40. The van der Waals surface area contributed by atoms with Gasteiger partial charge in [0.15, 0.2) is 5.01 Å². The molecule has 3 N–H and O–H groups in total. The van der Waals surface area contributed by atoms with Crippen molar-refractivity contribution in [1.82, 2.24) is 15.4 Å². The van der Waals surface area contributed by atoms with Gasteiger partial charge in [-0.15, -0.1) is 11.3 Å². The molecule has 2 heterocycles. The Kier molecular flexibility index (Phi) is 4.13. The number of nitrogens with one attached hydrogen (secondary N) is 1. The number of nitrogens with zero attached hydrogens (tertiary/aromatic N) is 2.